The van der Waals surface area contributed by atoms with Crippen molar-refractivity contribution >= 4 is 17.5 Å². The first-order valence-electron chi connectivity index (χ1n) is 7.12. The maximum atomic E-state index is 11.6. The van der Waals surface area contributed by atoms with Gasteiger partial charge in [-0.05, 0) is 41.6 Å². The van der Waals surface area contributed by atoms with E-state index < -0.39 is 0 Å². The van der Waals surface area contributed by atoms with E-state index in [-0.39, 0.29) is 5.78 Å². The van der Waals surface area contributed by atoms with Crippen LogP contribution in [0.1, 0.15) is 23.1 Å². The number of rotatable bonds is 5. The Labute approximate surface area is 133 Å². The molecule has 6 heteroatoms. The third-order valence-corrected chi connectivity index (χ3v) is 3.27. The van der Waals surface area contributed by atoms with Crippen LogP contribution in [-0.2, 0) is 0 Å². The molecule has 0 spiro atoms. The van der Waals surface area contributed by atoms with Crippen molar-refractivity contribution < 1.29 is 4.79 Å². The molecule has 1 heterocycles. The minimum atomic E-state index is 0.00983. The number of benzene rings is 2. The summed E-state index contributed by atoms with van der Waals surface area (Å²) in [5, 5.41) is 14.8. The van der Waals surface area contributed by atoms with Crippen LogP contribution in [0.25, 0.3) is 11.8 Å². The highest BCUT2D eigenvalue weighted by molar-refractivity contribution is 5.99. The zero-order valence-electron chi connectivity index (χ0n) is 12.5. The highest BCUT2D eigenvalue weighted by Crippen LogP contribution is 2.16. The van der Waals surface area contributed by atoms with Gasteiger partial charge in [0.05, 0.1) is 5.69 Å². The molecule has 0 atom stereocenters. The largest absolute Gasteiger partial charge is 0.361 e. The number of carbonyl (C=O) groups is 1. The van der Waals surface area contributed by atoms with Gasteiger partial charge in [-0.25, -0.2) is 0 Å². The second-order valence-electron chi connectivity index (χ2n) is 4.86. The Bertz CT molecular complexity index is 839. The number of tetrazole rings is 1. The molecule has 23 heavy (non-hydrogen) atoms. The van der Waals surface area contributed by atoms with E-state index >= 15 is 0 Å². The average molecular weight is 305 g/mol. The van der Waals surface area contributed by atoms with Crippen LogP contribution in [0.15, 0.2) is 60.8 Å². The molecule has 3 aromatic rings. The third kappa shape index (κ3) is 3.32. The molecule has 0 saturated heterocycles. The molecular formula is C17H15N5O. The van der Waals surface area contributed by atoms with Crippen LogP contribution in [0, 0.1) is 0 Å². The van der Waals surface area contributed by atoms with Crippen molar-refractivity contribution in [3.63, 3.8) is 0 Å². The molecule has 2 aromatic carbocycles. The Balaban J connectivity index is 1.81. The van der Waals surface area contributed by atoms with Gasteiger partial charge in [0.25, 0.3) is 0 Å². The summed E-state index contributed by atoms with van der Waals surface area (Å²) in [6.07, 6.45) is 3.47. The molecular weight excluding hydrogens is 290 g/mol. The van der Waals surface area contributed by atoms with Crippen LogP contribution in [-0.4, -0.2) is 26.0 Å². The monoisotopic (exact) mass is 305 g/mol. The van der Waals surface area contributed by atoms with Crippen LogP contribution in [0.5, 0.6) is 0 Å². The SMILES string of the molecule is CC(=O)c1ccccc1N/C=C/c1nnnn1-c1ccccc1. The summed E-state index contributed by atoms with van der Waals surface area (Å²) in [5.41, 5.74) is 2.26. The zero-order chi connectivity index (χ0) is 16.1. The lowest BCUT2D eigenvalue weighted by Crippen LogP contribution is -2.01. The number of hydrogen-bond donors (Lipinski definition) is 1. The van der Waals surface area contributed by atoms with Gasteiger partial charge in [-0.3, -0.25) is 4.79 Å². The summed E-state index contributed by atoms with van der Waals surface area (Å²) in [7, 11) is 0. The van der Waals surface area contributed by atoms with Crippen LogP contribution in [0.4, 0.5) is 5.69 Å². The van der Waals surface area contributed by atoms with Gasteiger partial charge in [0.2, 0.25) is 0 Å². The molecule has 6 nitrogen and oxygen atoms in total. The van der Waals surface area contributed by atoms with Gasteiger partial charge in [-0.1, -0.05) is 30.3 Å². The number of carbonyl (C=O) groups excluding carboxylic acids is 1. The zero-order valence-corrected chi connectivity index (χ0v) is 12.5. The van der Waals surface area contributed by atoms with Gasteiger partial charge < -0.3 is 5.32 Å². The quantitative estimate of drug-likeness (QED) is 0.734. The number of hydrogen-bond acceptors (Lipinski definition) is 5. The van der Waals surface area contributed by atoms with Crippen LogP contribution >= 0.6 is 0 Å². The van der Waals surface area contributed by atoms with Crippen molar-refractivity contribution in [1.29, 1.82) is 0 Å². The summed E-state index contributed by atoms with van der Waals surface area (Å²) in [6.45, 7) is 1.54. The smallest absolute Gasteiger partial charge is 0.181 e. The van der Waals surface area contributed by atoms with Gasteiger partial charge in [0.15, 0.2) is 11.6 Å². The Morgan fingerprint density at radius 1 is 1.09 bits per heavy atom. The van der Waals surface area contributed by atoms with Gasteiger partial charge in [-0.2, -0.15) is 4.68 Å². The van der Waals surface area contributed by atoms with Crippen molar-refractivity contribution in [1.82, 2.24) is 20.2 Å². The topological polar surface area (TPSA) is 72.7 Å². The molecule has 0 bridgehead atoms. The van der Waals surface area contributed by atoms with E-state index in [4.69, 9.17) is 0 Å². The lowest BCUT2D eigenvalue weighted by molar-refractivity contribution is 0.101. The Hall–Kier alpha value is -3.28. The average Bonchev–Trinajstić information content (AvgIpc) is 3.04. The first kappa shape index (κ1) is 14.6. The van der Waals surface area contributed by atoms with Crippen LogP contribution < -0.4 is 5.32 Å². The minimum absolute atomic E-state index is 0.00983. The lowest BCUT2D eigenvalue weighted by atomic mass is 10.1. The van der Waals surface area contributed by atoms with E-state index in [1.165, 1.54) is 0 Å². The van der Waals surface area contributed by atoms with Crippen molar-refractivity contribution in [3.05, 3.63) is 72.2 Å². The molecule has 1 aromatic heterocycles. The Morgan fingerprint density at radius 3 is 2.61 bits per heavy atom. The maximum absolute atomic E-state index is 11.6. The fraction of sp³-hybridized carbons (Fsp3) is 0.0588. The molecule has 3 rings (SSSR count). The van der Waals surface area contributed by atoms with E-state index in [0.717, 1.165) is 11.4 Å². The lowest BCUT2D eigenvalue weighted by Gasteiger charge is -2.06. The van der Waals surface area contributed by atoms with Gasteiger partial charge in [0.1, 0.15) is 0 Å². The van der Waals surface area contributed by atoms with E-state index in [0.29, 0.717) is 11.4 Å². The van der Waals surface area contributed by atoms with Gasteiger partial charge >= 0.3 is 0 Å². The summed E-state index contributed by atoms with van der Waals surface area (Å²) in [6, 6.07) is 17.0. The fourth-order valence-electron chi connectivity index (χ4n) is 2.17. The van der Waals surface area contributed by atoms with Crippen molar-refractivity contribution in [2.24, 2.45) is 0 Å². The Kier molecular flexibility index (Phi) is 4.24. The number of aromatic nitrogens is 4. The number of anilines is 1. The van der Waals surface area contributed by atoms with Gasteiger partial charge in [-0.15, -0.1) is 5.10 Å². The van der Waals surface area contributed by atoms with E-state index in [1.54, 1.807) is 29.9 Å². The molecule has 0 aliphatic carbocycles. The van der Waals surface area contributed by atoms with Crippen molar-refractivity contribution in [2.75, 3.05) is 5.32 Å². The number of nitrogens with one attached hydrogen (secondary N) is 1. The summed E-state index contributed by atoms with van der Waals surface area (Å²) in [5.74, 6) is 0.597. The van der Waals surface area contributed by atoms with E-state index in [1.807, 2.05) is 48.5 Å². The Morgan fingerprint density at radius 2 is 1.83 bits per heavy atom. The van der Waals surface area contributed by atoms with Crippen LogP contribution in [0.2, 0.25) is 0 Å². The number of Topliss-reactive ketones (excluding diaryl/α,β-unsaturated/α-hetero) is 1. The highest BCUT2D eigenvalue weighted by Gasteiger charge is 2.06. The summed E-state index contributed by atoms with van der Waals surface area (Å²) >= 11 is 0. The molecule has 0 aliphatic rings. The fourth-order valence-corrected chi connectivity index (χ4v) is 2.17. The van der Waals surface area contributed by atoms with Gasteiger partial charge in [0, 0.05) is 23.5 Å². The molecule has 0 aliphatic heterocycles. The molecule has 0 unspecified atom stereocenters. The number of ketones is 1. The first-order valence-corrected chi connectivity index (χ1v) is 7.12. The number of para-hydroxylation sites is 2. The molecule has 1 N–H and O–H groups in total. The maximum Gasteiger partial charge on any atom is 0.181 e. The molecule has 0 amide bonds. The molecule has 0 saturated carbocycles. The molecule has 0 fully saturated rings. The standard InChI is InChI=1S/C17H15N5O/c1-13(23)15-9-5-6-10-16(15)18-12-11-17-19-20-21-22(17)14-7-3-2-4-8-14/h2-12,18H,1H3/b12-11+. The second-order valence-corrected chi connectivity index (χ2v) is 4.86. The second kappa shape index (κ2) is 6.65. The van der Waals surface area contributed by atoms with Crippen molar-refractivity contribution in [3.8, 4) is 5.69 Å². The molecule has 114 valence electrons. The normalized spacial score (nSPS) is 10.8. The first-order chi connectivity index (χ1) is 11.3. The molecule has 0 radical (unpaired) electrons. The third-order valence-electron chi connectivity index (χ3n) is 3.27. The predicted octanol–water partition coefficient (Wildman–Crippen LogP) is 2.95. The van der Waals surface area contributed by atoms with Crippen LogP contribution in [0.3, 0.4) is 0 Å². The summed E-state index contributed by atoms with van der Waals surface area (Å²) < 4.78 is 1.63. The van der Waals surface area contributed by atoms with Crippen molar-refractivity contribution in [2.45, 2.75) is 6.92 Å². The highest BCUT2D eigenvalue weighted by atomic mass is 16.1. The minimum Gasteiger partial charge on any atom is -0.361 e. The predicted molar refractivity (Wildman–Crippen MR) is 88.3 cm³/mol. The summed E-state index contributed by atoms with van der Waals surface area (Å²) in [4.78, 5) is 11.6. The van der Waals surface area contributed by atoms with E-state index in [2.05, 4.69) is 20.8 Å². The number of nitrogens with zero attached hydrogens (tertiary/aromatic N) is 4. The van der Waals surface area contributed by atoms with E-state index in [9.17, 15) is 4.79 Å².